The smallest absolute Gasteiger partial charge is 0.272 e. The number of hydrogen-bond donors (Lipinski definition) is 0. The second kappa shape index (κ2) is 8.67. The lowest BCUT2D eigenvalue weighted by molar-refractivity contribution is 0.0656. The predicted molar refractivity (Wildman–Crippen MR) is 108 cm³/mol. The van der Waals surface area contributed by atoms with Crippen molar-refractivity contribution >= 4 is 5.91 Å². The van der Waals surface area contributed by atoms with Crippen LogP contribution in [0.15, 0.2) is 66.7 Å². The fraction of sp³-hybridized carbons (Fsp3) is 0.304. The maximum Gasteiger partial charge on any atom is 0.272 e. The Bertz CT molecular complexity index is 871. The zero-order chi connectivity index (χ0) is 19.2. The number of nitrogens with zero attached hydrogens (tertiary/aromatic N) is 3. The summed E-state index contributed by atoms with van der Waals surface area (Å²) in [4.78, 5) is 15.3. The van der Waals surface area contributed by atoms with Gasteiger partial charge in [0.1, 0.15) is 5.69 Å². The molecule has 0 bridgehead atoms. The maximum absolute atomic E-state index is 13.3. The highest BCUT2D eigenvalue weighted by Gasteiger charge is 2.24. The third-order valence-electron chi connectivity index (χ3n) is 4.90. The molecule has 4 heteroatoms. The molecule has 3 aromatic rings. The van der Waals surface area contributed by atoms with E-state index in [9.17, 15) is 4.79 Å². The molecule has 140 valence electrons. The Kier molecular flexibility index (Phi) is 6.07. The third kappa shape index (κ3) is 4.85. The van der Waals surface area contributed by atoms with Gasteiger partial charge in [-0.25, -0.2) is 0 Å². The number of benzene rings is 2. The highest BCUT2D eigenvalue weighted by Crippen LogP contribution is 2.17. The highest BCUT2D eigenvalue weighted by molar-refractivity contribution is 5.92. The molecule has 0 aliphatic rings. The second-order valence-electron chi connectivity index (χ2n) is 7.09. The zero-order valence-corrected chi connectivity index (χ0v) is 16.3. The molecular formula is C23H27N3O. The summed E-state index contributed by atoms with van der Waals surface area (Å²) in [5, 5.41) is 4.34. The minimum absolute atomic E-state index is 0.0301. The lowest BCUT2D eigenvalue weighted by Gasteiger charge is -2.29. The van der Waals surface area contributed by atoms with Crippen molar-refractivity contribution in [3.8, 4) is 0 Å². The van der Waals surface area contributed by atoms with Crippen molar-refractivity contribution in [3.63, 3.8) is 0 Å². The van der Waals surface area contributed by atoms with Gasteiger partial charge < -0.3 is 4.90 Å². The largest absolute Gasteiger partial charge is 0.330 e. The van der Waals surface area contributed by atoms with Gasteiger partial charge in [-0.3, -0.25) is 9.48 Å². The number of amides is 1. The predicted octanol–water partition coefficient (Wildman–Crippen LogP) is 4.39. The average molecular weight is 361 g/mol. The molecule has 0 saturated carbocycles. The van der Waals surface area contributed by atoms with Gasteiger partial charge in [-0.05, 0) is 43.9 Å². The third-order valence-corrected chi connectivity index (χ3v) is 4.90. The van der Waals surface area contributed by atoms with Crippen LogP contribution >= 0.6 is 0 Å². The van der Waals surface area contributed by atoms with Crippen LogP contribution in [0.2, 0.25) is 0 Å². The highest BCUT2D eigenvalue weighted by atomic mass is 16.2. The number of aromatic nitrogens is 2. The molecule has 3 rings (SSSR count). The van der Waals surface area contributed by atoms with Crippen molar-refractivity contribution in [3.05, 3.63) is 89.2 Å². The molecule has 27 heavy (non-hydrogen) atoms. The Morgan fingerprint density at radius 3 is 2.19 bits per heavy atom. The summed E-state index contributed by atoms with van der Waals surface area (Å²) in [6.45, 7) is 4.64. The van der Waals surface area contributed by atoms with Crippen LogP contribution in [0.1, 0.15) is 40.7 Å². The van der Waals surface area contributed by atoms with E-state index in [0.29, 0.717) is 12.2 Å². The van der Waals surface area contributed by atoms with E-state index >= 15 is 0 Å². The molecule has 0 unspecified atom stereocenters. The molecule has 1 atom stereocenters. The average Bonchev–Trinajstić information content (AvgIpc) is 3.03. The van der Waals surface area contributed by atoms with E-state index in [2.05, 4.69) is 48.4 Å². The van der Waals surface area contributed by atoms with Gasteiger partial charge in [0.15, 0.2) is 0 Å². The number of aryl methyl sites for hydroxylation is 3. The molecule has 0 radical (unpaired) electrons. The molecular weight excluding hydrogens is 334 g/mol. The summed E-state index contributed by atoms with van der Waals surface area (Å²) >= 11 is 0. The Balaban J connectivity index is 1.80. The molecule has 0 aliphatic carbocycles. The first-order valence-electron chi connectivity index (χ1n) is 9.44. The van der Waals surface area contributed by atoms with E-state index in [4.69, 9.17) is 0 Å². The van der Waals surface area contributed by atoms with Crippen LogP contribution in [-0.2, 0) is 20.0 Å². The molecule has 0 aliphatic heterocycles. The fourth-order valence-electron chi connectivity index (χ4n) is 3.34. The molecule has 0 spiro atoms. The summed E-state index contributed by atoms with van der Waals surface area (Å²) in [7, 11) is 1.83. The molecule has 1 amide bonds. The lowest BCUT2D eigenvalue weighted by atomic mass is 10.0. The van der Waals surface area contributed by atoms with E-state index in [1.165, 1.54) is 5.56 Å². The first-order chi connectivity index (χ1) is 13.0. The summed E-state index contributed by atoms with van der Waals surface area (Å²) in [5.74, 6) is 0.0301. The van der Waals surface area contributed by atoms with Crippen LogP contribution in [0.4, 0.5) is 0 Å². The van der Waals surface area contributed by atoms with Gasteiger partial charge in [0.2, 0.25) is 0 Å². The minimum Gasteiger partial charge on any atom is -0.330 e. The standard InChI is InChI=1S/C23H27N3O/c1-18-16-22(25(3)24-18)23(27)26(17-21-12-8-5-9-13-21)19(2)14-15-20-10-6-4-7-11-20/h4-13,16,19H,14-15,17H2,1-3H3/t19-/m0/s1. The molecule has 0 fully saturated rings. The minimum atomic E-state index is 0.0301. The zero-order valence-electron chi connectivity index (χ0n) is 16.3. The van der Waals surface area contributed by atoms with Gasteiger partial charge in [0.05, 0.1) is 5.69 Å². The normalized spacial score (nSPS) is 12.0. The SMILES string of the molecule is Cc1cc(C(=O)N(Cc2ccccc2)[C@@H](C)CCc2ccccc2)n(C)n1. The van der Waals surface area contributed by atoms with Gasteiger partial charge in [0, 0.05) is 19.6 Å². The van der Waals surface area contributed by atoms with E-state index in [0.717, 1.165) is 24.1 Å². The molecule has 1 aromatic heterocycles. The van der Waals surface area contributed by atoms with Gasteiger partial charge in [-0.2, -0.15) is 5.10 Å². The Morgan fingerprint density at radius 1 is 1.04 bits per heavy atom. The van der Waals surface area contributed by atoms with Gasteiger partial charge in [-0.15, -0.1) is 0 Å². The number of carbonyl (C=O) groups excluding carboxylic acids is 1. The van der Waals surface area contributed by atoms with Gasteiger partial charge in [-0.1, -0.05) is 60.7 Å². The van der Waals surface area contributed by atoms with Gasteiger partial charge in [0.25, 0.3) is 5.91 Å². The first kappa shape index (κ1) is 18.9. The van der Waals surface area contributed by atoms with E-state index in [1.54, 1.807) is 4.68 Å². The second-order valence-corrected chi connectivity index (χ2v) is 7.09. The first-order valence-corrected chi connectivity index (χ1v) is 9.44. The molecule has 4 nitrogen and oxygen atoms in total. The Morgan fingerprint density at radius 2 is 1.63 bits per heavy atom. The Labute approximate surface area is 161 Å². The van der Waals surface area contributed by atoms with Gasteiger partial charge >= 0.3 is 0 Å². The summed E-state index contributed by atoms with van der Waals surface area (Å²) in [6.07, 6.45) is 1.87. The van der Waals surface area contributed by atoms with Crippen LogP contribution in [0.3, 0.4) is 0 Å². The van der Waals surface area contributed by atoms with E-state index in [1.807, 2.05) is 49.2 Å². The van der Waals surface area contributed by atoms with Crippen LogP contribution in [0, 0.1) is 6.92 Å². The van der Waals surface area contributed by atoms with Crippen LogP contribution < -0.4 is 0 Å². The van der Waals surface area contributed by atoms with Crippen molar-refractivity contribution in [2.45, 2.75) is 39.3 Å². The Hall–Kier alpha value is -2.88. The topological polar surface area (TPSA) is 38.1 Å². The summed E-state index contributed by atoms with van der Waals surface area (Å²) in [5.41, 5.74) is 3.93. The molecule has 1 heterocycles. The number of hydrogen-bond acceptors (Lipinski definition) is 2. The van der Waals surface area contributed by atoms with Crippen LogP contribution in [0.5, 0.6) is 0 Å². The van der Waals surface area contributed by atoms with Crippen molar-refractivity contribution < 1.29 is 4.79 Å². The lowest BCUT2D eigenvalue weighted by Crippen LogP contribution is -2.39. The summed E-state index contributed by atoms with van der Waals surface area (Å²) < 4.78 is 1.68. The fourth-order valence-corrected chi connectivity index (χ4v) is 3.34. The summed E-state index contributed by atoms with van der Waals surface area (Å²) in [6, 6.07) is 22.6. The monoisotopic (exact) mass is 361 g/mol. The van der Waals surface area contributed by atoms with Crippen molar-refractivity contribution in [1.29, 1.82) is 0 Å². The van der Waals surface area contributed by atoms with Crippen molar-refractivity contribution in [2.24, 2.45) is 7.05 Å². The molecule has 0 N–H and O–H groups in total. The van der Waals surface area contributed by atoms with Crippen molar-refractivity contribution in [2.75, 3.05) is 0 Å². The number of carbonyl (C=O) groups is 1. The molecule has 2 aromatic carbocycles. The quantitative estimate of drug-likeness (QED) is 0.626. The maximum atomic E-state index is 13.3. The van der Waals surface area contributed by atoms with Crippen LogP contribution in [-0.4, -0.2) is 26.6 Å². The van der Waals surface area contributed by atoms with E-state index < -0.39 is 0 Å². The van der Waals surface area contributed by atoms with E-state index in [-0.39, 0.29) is 11.9 Å². The number of rotatable bonds is 7. The molecule has 0 saturated heterocycles. The van der Waals surface area contributed by atoms with Crippen molar-refractivity contribution in [1.82, 2.24) is 14.7 Å². The van der Waals surface area contributed by atoms with Crippen LogP contribution in [0.25, 0.3) is 0 Å².